The highest BCUT2D eigenvalue weighted by molar-refractivity contribution is 5.28. The minimum atomic E-state index is -0.311. The molecule has 0 aliphatic rings. The summed E-state index contributed by atoms with van der Waals surface area (Å²) in [4.78, 5) is 0. The van der Waals surface area contributed by atoms with E-state index >= 15 is 0 Å². The maximum atomic E-state index is 13.6. The molecule has 0 unspecified atom stereocenters. The van der Waals surface area contributed by atoms with E-state index in [2.05, 4.69) is 11.5 Å². The van der Waals surface area contributed by atoms with Crippen molar-refractivity contribution in [1.29, 1.82) is 0 Å². The van der Waals surface area contributed by atoms with Gasteiger partial charge in [0.1, 0.15) is 6.54 Å². The molecule has 18 heavy (non-hydrogen) atoms. The van der Waals surface area contributed by atoms with Crippen molar-refractivity contribution in [2.24, 2.45) is 0 Å². The van der Waals surface area contributed by atoms with E-state index in [0.717, 1.165) is 17.8 Å². The standard InChI is InChI=1S/C15H17FNO/c1-3-17-9-5-4-6-13(17)11-18-15-8-7-12(2)10-14(15)16/h4-10H,3,11H2,1-2H3/q+1. The molecule has 0 atom stereocenters. The molecule has 0 aliphatic heterocycles. The van der Waals surface area contributed by atoms with Gasteiger partial charge in [-0.3, -0.25) is 0 Å². The lowest BCUT2D eigenvalue weighted by molar-refractivity contribution is -0.702. The van der Waals surface area contributed by atoms with E-state index in [4.69, 9.17) is 4.74 Å². The third-order valence-corrected chi connectivity index (χ3v) is 2.84. The van der Waals surface area contributed by atoms with Crippen molar-refractivity contribution >= 4 is 0 Å². The number of hydrogen-bond acceptors (Lipinski definition) is 1. The SMILES string of the molecule is CC[n+]1ccccc1COc1ccc(C)cc1F. The highest BCUT2D eigenvalue weighted by atomic mass is 19.1. The fourth-order valence-electron chi connectivity index (χ4n) is 1.83. The van der Waals surface area contributed by atoms with E-state index in [0.29, 0.717) is 12.4 Å². The molecule has 0 amide bonds. The summed E-state index contributed by atoms with van der Waals surface area (Å²) in [7, 11) is 0. The Kier molecular flexibility index (Phi) is 3.92. The van der Waals surface area contributed by atoms with Crippen LogP contribution in [0.25, 0.3) is 0 Å². The number of halogens is 1. The number of pyridine rings is 1. The summed E-state index contributed by atoms with van der Waals surface area (Å²) in [5.41, 5.74) is 1.92. The maximum absolute atomic E-state index is 13.6. The van der Waals surface area contributed by atoms with Crippen LogP contribution in [0.15, 0.2) is 42.6 Å². The quantitative estimate of drug-likeness (QED) is 0.756. The van der Waals surface area contributed by atoms with Crippen LogP contribution in [-0.2, 0) is 13.2 Å². The van der Waals surface area contributed by atoms with Gasteiger partial charge in [0.2, 0.25) is 5.69 Å². The normalized spacial score (nSPS) is 10.4. The van der Waals surface area contributed by atoms with Gasteiger partial charge in [-0.1, -0.05) is 6.07 Å². The minimum absolute atomic E-state index is 0.298. The van der Waals surface area contributed by atoms with Crippen LogP contribution in [0.4, 0.5) is 4.39 Å². The second kappa shape index (κ2) is 5.63. The molecule has 3 heteroatoms. The zero-order valence-electron chi connectivity index (χ0n) is 10.7. The summed E-state index contributed by atoms with van der Waals surface area (Å²) in [6.45, 7) is 5.16. The van der Waals surface area contributed by atoms with Crippen molar-refractivity contribution in [1.82, 2.24) is 0 Å². The number of aryl methyl sites for hydroxylation is 2. The summed E-state index contributed by atoms with van der Waals surface area (Å²) < 4.78 is 21.2. The van der Waals surface area contributed by atoms with Gasteiger partial charge in [0.05, 0.1) is 0 Å². The Hall–Kier alpha value is -1.90. The highest BCUT2D eigenvalue weighted by Gasteiger charge is 2.10. The van der Waals surface area contributed by atoms with E-state index in [1.807, 2.05) is 37.4 Å². The Bertz CT molecular complexity index is 540. The highest BCUT2D eigenvalue weighted by Crippen LogP contribution is 2.18. The molecule has 0 saturated carbocycles. The first kappa shape index (κ1) is 12.6. The molecule has 2 nitrogen and oxygen atoms in total. The Morgan fingerprint density at radius 1 is 1.22 bits per heavy atom. The molecule has 0 aliphatic carbocycles. The second-order valence-electron chi connectivity index (χ2n) is 4.20. The fourth-order valence-corrected chi connectivity index (χ4v) is 1.83. The lowest BCUT2D eigenvalue weighted by Gasteiger charge is -2.07. The lowest BCUT2D eigenvalue weighted by atomic mass is 10.2. The second-order valence-corrected chi connectivity index (χ2v) is 4.20. The van der Waals surface area contributed by atoms with E-state index in [-0.39, 0.29) is 5.82 Å². The van der Waals surface area contributed by atoms with Gasteiger partial charge in [0.15, 0.2) is 24.4 Å². The van der Waals surface area contributed by atoms with Crippen molar-refractivity contribution in [3.8, 4) is 5.75 Å². The predicted molar refractivity (Wildman–Crippen MR) is 67.8 cm³/mol. The molecule has 2 aromatic rings. The molecule has 0 spiro atoms. The van der Waals surface area contributed by atoms with E-state index in [9.17, 15) is 4.39 Å². The average Bonchev–Trinajstić information content (AvgIpc) is 2.38. The Labute approximate surface area is 107 Å². The maximum Gasteiger partial charge on any atom is 0.219 e. The molecule has 1 aromatic heterocycles. The number of nitrogens with zero attached hydrogens (tertiary/aromatic N) is 1. The number of benzene rings is 1. The number of rotatable bonds is 4. The first-order valence-corrected chi connectivity index (χ1v) is 6.07. The zero-order valence-corrected chi connectivity index (χ0v) is 10.7. The van der Waals surface area contributed by atoms with Crippen LogP contribution in [0.1, 0.15) is 18.2 Å². The predicted octanol–water partition coefficient (Wildman–Crippen LogP) is 3.02. The number of ether oxygens (including phenoxy) is 1. The van der Waals surface area contributed by atoms with Crippen LogP contribution in [-0.4, -0.2) is 0 Å². The molecule has 0 bridgehead atoms. The summed E-state index contributed by atoms with van der Waals surface area (Å²) in [6, 6.07) is 10.9. The van der Waals surface area contributed by atoms with Crippen molar-refractivity contribution in [2.75, 3.05) is 0 Å². The molecular weight excluding hydrogens is 229 g/mol. The first-order valence-electron chi connectivity index (χ1n) is 6.07. The number of hydrogen-bond donors (Lipinski definition) is 0. The topological polar surface area (TPSA) is 13.1 Å². The Balaban J connectivity index is 2.11. The zero-order chi connectivity index (χ0) is 13.0. The smallest absolute Gasteiger partial charge is 0.219 e. The van der Waals surface area contributed by atoms with Gasteiger partial charge in [-0.05, 0) is 37.6 Å². The monoisotopic (exact) mass is 246 g/mol. The molecule has 1 heterocycles. The van der Waals surface area contributed by atoms with Crippen molar-refractivity contribution in [3.63, 3.8) is 0 Å². The molecular formula is C15H17FNO+. The molecule has 94 valence electrons. The summed E-state index contributed by atoms with van der Waals surface area (Å²) in [5.74, 6) is -0.0129. The van der Waals surface area contributed by atoms with Gasteiger partial charge < -0.3 is 4.74 Å². The molecule has 2 rings (SSSR count). The van der Waals surface area contributed by atoms with E-state index in [1.54, 1.807) is 6.07 Å². The number of aromatic nitrogens is 1. The van der Waals surface area contributed by atoms with Crippen LogP contribution >= 0.6 is 0 Å². The van der Waals surface area contributed by atoms with Gasteiger partial charge in [-0.25, -0.2) is 4.39 Å². The molecule has 0 radical (unpaired) electrons. The van der Waals surface area contributed by atoms with Crippen molar-refractivity contribution < 1.29 is 13.7 Å². The molecule has 0 saturated heterocycles. The summed E-state index contributed by atoms with van der Waals surface area (Å²) >= 11 is 0. The molecule has 0 N–H and O–H groups in total. The largest absolute Gasteiger partial charge is 0.480 e. The fraction of sp³-hybridized carbons (Fsp3) is 0.267. The Morgan fingerprint density at radius 2 is 2.06 bits per heavy atom. The summed E-state index contributed by atoms with van der Waals surface area (Å²) in [5, 5.41) is 0. The third kappa shape index (κ3) is 2.86. The van der Waals surface area contributed by atoms with Gasteiger partial charge in [-0.2, -0.15) is 4.57 Å². The van der Waals surface area contributed by atoms with Crippen LogP contribution in [0.3, 0.4) is 0 Å². The van der Waals surface area contributed by atoms with Crippen LogP contribution in [0.5, 0.6) is 5.75 Å². The first-order chi connectivity index (χ1) is 8.70. The van der Waals surface area contributed by atoms with E-state index < -0.39 is 0 Å². The third-order valence-electron chi connectivity index (χ3n) is 2.84. The molecule has 1 aromatic carbocycles. The van der Waals surface area contributed by atoms with Gasteiger partial charge in [0, 0.05) is 12.1 Å². The van der Waals surface area contributed by atoms with Gasteiger partial charge >= 0.3 is 0 Å². The average molecular weight is 246 g/mol. The van der Waals surface area contributed by atoms with Crippen LogP contribution < -0.4 is 9.30 Å². The van der Waals surface area contributed by atoms with Crippen molar-refractivity contribution in [3.05, 3.63) is 59.7 Å². The minimum Gasteiger partial charge on any atom is -0.480 e. The molecule has 0 fully saturated rings. The van der Waals surface area contributed by atoms with Crippen LogP contribution in [0.2, 0.25) is 0 Å². The summed E-state index contributed by atoms with van der Waals surface area (Å²) in [6.07, 6.45) is 1.99. The van der Waals surface area contributed by atoms with Crippen LogP contribution in [0, 0.1) is 12.7 Å². The van der Waals surface area contributed by atoms with Gasteiger partial charge in [0.25, 0.3) is 0 Å². The lowest BCUT2D eigenvalue weighted by Crippen LogP contribution is -2.37. The van der Waals surface area contributed by atoms with Gasteiger partial charge in [-0.15, -0.1) is 0 Å². The van der Waals surface area contributed by atoms with E-state index in [1.165, 1.54) is 6.07 Å². The van der Waals surface area contributed by atoms with Crippen molar-refractivity contribution in [2.45, 2.75) is 27.0 Å². The Morgan fingerprint density at radius 3 is 2.78 bits per heavy atom.